The highest BCUT2D eigenvalue weighted by Gasteiger charge is 2.24. The molecule has 0 radical (unpaired) electrons. The minimum Gasteiger partial charge on any atom is -0.379 e. The van der Waals surface area contributed by atoms with E-state index in [1.54, 1.807) is 0 Å². The van der Waals surface area contributed by atoms with Gasteiger partial charge in [-0.15, -0.1) is 0 Å². The summed E-state index contributed by atoms with van der Waals surface area (Å²) in [5, 5.41) is 3.09. The summed E-state index contributed by atoms with van der Waals surface area (Å²) in [5.74, 6) is -0.282. The number of hydrogen-bond donors (Lipinski definition) is 2. The first-order valence-corrected chi connectivity index (χ1v) is 5.49. The Labute approximate surface area is 90.9 Å². The summed E-state index contributed by atoms with van der Waals surface area (Å²) < 4.78 is 5.34. The first-order chi connectivity index (χ1) is 7.15. The van der Waals surface area contributed by atoms with E-state index in [0.29, 0.717) is 12.6 Å². The fourth-order valence-corrected chi connectivity index (χ4v) is 1.77. The first-order valence-electron chi connectivity index (χ1n) is 5.49. The van der Waals surface area contributed by atoms with Crippen molar-refractivity contribution in [3.63, 3.8) is 0 Å². The van der Waals surface area contributed by atoms with Gasteiger partial charge in [0.1, 0.15) is 0 Å². The summed E-state index contributed by atoms with van der Waals surface area (Å²) in [6, 6.07) is 0.106. The van der Waals surface area contributed by atoms with Gasteiger partial charge in [-0.2, -0.15) is 0 Å². The average Bonchev–Trinajstić information content (AvgIpc) is 2.20. The molecule has 0 aliphatic carbocycles. The van der Waals surface area contributed by atoms with Crippen molar-refractivity contribution < 1.29 is 9.53 Å². The van der Waals surface area contributed by atoms with E-state index in [4.69, 9.17) is 10.5 Å². The van der Waals surface area contributed by atoms with Crippen molar-refractivity contribution in [1.29, 1.82) is 0 Å². The lowest BCUT2D eigenvalue weighted by Gasteiger charge is -2.35. The van der Waals surface area contributed by atoms with Crippen LogP contribution < -0.4 is 11.1 Å². The topological polar surface area (TPSA) is 67.6 Å². The molecule has 1 rings (SSSR count). The Hall–Kier alpha value is -0.650. The fourth-order valence-electron chi connectivity index (χ4n) is 1.77. The standard InChI is InChI=1S/C10H21N3O2/c1-3-12-9(10(11)14)6-13-4-5-15-7-8(13)2/h8-9,12H,3-7H2,1-2H3,(H2,11,14). The van der Waals surface area contributed by atoms with Crippen LogP contribution in [0.2, 0.25) is 0 Å². The third-order valence-corrected chi connectivity index (χ3v) is 2.72. The maximum Gasteiger partial charge on any atom is 0.235 e. The predicted molar refractivity (Wildman–Crippen MR) is 58.5 cm³/mol. The zero-order chi connectivity index (χ0) is 11.3. The number of likely N-dealkylation sites (N-methyl/N-ethyl adjacent to an activating group) is 1. The summed E-state index contributed by atoms with van der Waals surface area (Å²) >= 11 is 0. The molecule has 0 saturated carbocycles. The van der Waals surface area contributed by atoms with E-state index >= 15 is 0 Å². The average molecular weight is 215 g/mol. The minimum absolute atomic E-state index is 0.254. The Kier molecular flexibility index (Phi) is 5.01. The molecule has 2 atom stereocenters. The molecule has 88 valence electrons. The van der Waals surface area contributed by atoms with Crippen molar-refractivity contribution in [2.45, 2.75) is 25.9 Å². The Balaban J connectivity index is 2.44. The van der Waals surface area contributed by atoms with Gasteiger partial charge in [0, 0.05) is 19.1 Å². The van der Waals surface area contributed by atoms with Gasteiger partial charge >= 0.3 is 0 Å². The molecule has 5 heteroatoms. The van der Waals surface area contributed by atoms with Crippen LogP contribution >= 0.6 is 0 Å². The Morgan fingerprint density at radius 2 is 2.47 bits per heavy atom. The molecule has 1 heterocycles. The van der Waals surface area contributed by atoms with Gasteiger partial charge < -0.3 is 15.8 Å². The molecule has 0 aromatic heterocycles. The Morgan fingerprint density at radius 3 is 3.00 bits per heavy atom. The second kappa shape index (κ2) is 6.05. The second-order valence-corrected chi connectivity index (χ2v) is 3.93. The van der Waals surface area contributed by atoms with E-state index in [9.17, 15) is 4.79 Å². The molecular weight excluding hydrogens is 194 g/mol. The molecule has 0 aromatic carbocycles. The lowest BCUT2D eigenvalue weighted by atomic mass is 10.2. The quantitative estimate of drug-likeness (QED) is 0.628. The van der Waals surface area contributed by atoms with Gasteiger partial charge in [0.2, 0.25) is 5.91 Å². The first kappa shape index (κ1) is 12.4. The smallest absolute Gasteiger partial charge is 0.235 e. The molecule has 3 N–H and O–H groups in total. The highest BCUT2D eigenvalue weighted by atomic mass is 16.5. The van der Waals surface area contributed by atoms with E-state index < -0.39 is 0 Å². The van der Waals surface area contributed by atoms with E-state index in [1.807, 2.05) is 6.92 Å². The van der Waals surface area contributed by atoms with Gasteiger partial charge in [0.15, 0.2) is 0 Å². The van der Waals surface area contributed by atoms with Crippen LogP contribution in [0.15, 0.2) is 0 Å². The number of ether oxygens (including phenoxy) is 1. The highest BCUT2D eigenvalue weighted by Crippen LogP contribution is 2.06. The maximum absolute atomic E-state index is 11.2. The number of nitrogens with two attached hydrogens (primary N) is 1. The van der Waals surface area contributed by atoms with Gasteiger partial charge in [0.25, 0.3) is 0 Å². The molecule has 0 spiro atoms. The molecule has 1 aliphatic rings. The van der Waals surface area contributed by atoms with Crippen LogP contribution in [-0.4, -0.2) is 55.7 Å². The summed E-state index contributed by atoms with van der Waals surface area (Å²) in [6.45, 7) is 7.85. The third kappa shape index (κ3) is 3.77. The lowest BCUT2D eigenvalue weighted by Crippen LogP contribution is -2.54. The fraction of sp³-hybridized carbons (Fsp3) is 0.900. The molecule has 1 fully saturated rings. The molecule has 15 heavy (non-hydrogen) atoms. The van der Waals surface area contributed by atoms with Crippen molar-refractivity contribution >= 4 is 5.91 Å². The van der Waals surface area contributed by atoms with Crippen LogP contribution in [-0.2, 0) is 9.53 Å². The van der Waals surface area contributed by atoms with Crippen molar-refractivity contribution in [3.05, 3.63) is 0 Å². The van der Waals surface area contributed by atoms with Crippen LogP contribution in [0.1, 0.15) is 13.8 Å². The van der Waals surface area contributed by atoms with E-state index in [1.165, 1.54) is 0 Å². The number of hydrogen-bond acceptors (Lipinski definition) is 4. The molecule has 1 saturated heterocycles. The van der Waals surface area contributed by atoms with Crippen molar-refractivity contribution in [1.82, 2.24) is 10.2 Å². The number of carbonyl (C=O) groups excluding carboxylic acids is 1. The second-order valence-electron chi connectivity index (χ2n) is 3.93. The maximum atomic E-state index is 11.2. The molecule has 1 aliphatic heterocycles. The minimum atomic E-state index is -0.282. The van der Waals surface area contributed by atoms with Crippen LogP contribution in [0.3, 0.4) is 0 Å². The summed E-state index contributed by atoms with van der Waals surface area (Å²) in [7, 11) is 0. The number of nitrogens with one attached hydrogen (secondary N) is 1. The SMILES string of the molecule is CCNC(CN1CCOCC1C)C(N)=O. The lowest BCUT2D eigenvalue weighted by molar-refractivity contribution is -0.121. The van der Waals surface area contributed by atoms with E-state index in [-0.39, 0.29) is 11.9 Å². The monoisotopic (exact) mass is 215 g/mol. The zero-order valence-corrected chi connectivity index (χ0v) is 9.53. The van der Waals surface area contributed by atoms with Crippen LogP contribution in [0.25, 0.3) is 0 Å². The number of amides is 1. The number of carbonyl (C=O) groups is 1. The van der Waals surface area contributed by atoms with Gasteiger partial charge in [-0.3, -0.25) is 9.69 Å². The molecular formula is C10H21N3O2. The normalized spacial score (nSPS) is 25.1. The van der Waals surface area contributed by atoms with Gasteiger partial charge in [0.05, 0.1) is 19.3 Å². The summed E-state index contributed by atoms with van der Waals surface area (Å²) in [6.07, 6.45) is 0. The largest absolute Gasteiger partial charge is 0.379 e. The number of morpholine rings is 1. The Bertz CT molecular complexity index is 211. The highest BCUT2D eigenvalue weighted by molar-refractivity contribution is 5.80. The number of rotatable bonds is 5. The summed E-state index contributed by atoms with van der Waals surface area (Å²) in [5.41, 5.74) is 5.33. The van der Waals surface area contributed by atoms with Crippen LogP contribution in [0.4, 0.5) is 0 Å². The molecule has 1 amide bonds. The molecule has 0 bridgehead atoms. The Morgan fingerprint density at radius 1 is 1.73 bits per heavy atom. The number of primary amides is 1. The zero-order valence-electron chi connectivity index (χ0n) is 9.53. The van der Waals surface area contributed by atoms with Gasteiger partial charge in [-0.1, -0.05) is 6.92 Å². The van der Waals surface area contributed by atoms with Crippen molar-refractivity contribution in [3.8, 4) is 0 Å². The number of nitrogens with zero attached hydrogens (tertiary/aromatic N) is 1. The van der Waals surface area contributed by atoms with E-state index in [0.717, 1.165) is 26.3 Å². The van der Waals surface area contributed by atoms with Crippen molar-refractivity contribution in [2.24, 2.45) is 5.73 Å². The van der Waals surface area contributed by atoms with Crippen LogP contribution in [0.5, 0.6) is 0 Å². The van der Waals surface area contributed by atoms with Crippen LogP contribution in [0, 0.1) is 0 Å². The van der Waals surface area contributed by atoms with Gasteiger partial charge in [-0.25, -0.2) is 0 Å². The predicted octanol–water partition coefficient (Wildman–Crippen LogP) is -0.829. The third-order valence-electron chi connectivity index (χ3n) is 2.72. The van der Waals surface area contributed by atoms with Crippen molar-refractivity contribution in [2.75, 3.05) is 32.8 Å². The van der Waals surface area contributed by atoms with E-state index in [2.05, 4.69) is 17.1 Å². The molecule has 2 unspecified atom stereocenters. The van der Waals surface area contributed by atoms with Gasteiger partial charge in [-0.05, 0) is 13.5 Å². The summed E-state index contributed by atoms with van der Waals surface area (Å²) in [4.78, 5) is 13.4. The molecule has 5 nitrogen and oxygen atoms in total. The molecule has 0 aromatic rings.